The van der Waals surface area contributed by atoms with Crippen LogP contribution in [-0.4, -0.2) is 17.6 Å². The molecule has 0 aromatic carbocycles. The number of hydrogen-bond donors (Lipinski definition) is 2. The van der Waals surface area contributed by atoms with Crippen molar-refractivity contribution in [3.05, 3.63) is 0 Å². The molecule has 0 radical (unpaired) electrons. The molecule has 0 spiro atoms. The summed E-state index contributed by atoms with van der Waals surface area (Å²) in [6, 6.07) is 0. The van der Waals surface area contributed by atoms with E-state index in [-0.39, 0.29) is 0 Å². The Kier molecular flexibility index (Phi) is 23.5. The van der Waals surface area contributed by atoms with Crippen LogP contribution in [0, 0.1) is 0 Å². The highest BCUT2D eigenvalue weighted by molar-refractivity contribution is 5.62. The molecule has 0 heterocycles. The van der Waals surface area contributed by atoms with Crippen LogP contribution in [0.1, 0.15) is 104 Å². The molecule has 0 aromatic heterocycles. The number of nitrogens with two attached hydrogens (primary N) is 1. The van der Waals surface area contributed by atoms with E-state index in [1.165, 1.54) is 89.9 Å². The van der Waals surface area contributed by atoms with Crippen LogP contribution in [0.4, 0.5) is 0 Å². The molecule has 21 heavy (non-hydrogen) atoms. The SMILES string of the molecule is CC(=O)O.CCCCCCCCCCCCCCCCN. The fraction of sp³-hybridized carbons (Fsp3) is 0.944. The van der Waals surface area contributed by atoms with Crippen molar-refractivity contribution in [1.82, 2.24) is 0 Å². The van der Waals surface area contributed by atoms with E-state index in [1.54, 1.807) is 0 Å². The molecule has 0 aliphatic rings. The third-order valence-electron chi connectivity index (χ3n) is 3.56. The second-order valence-corrected chi connectivity index (χ2v) is 5.90. The maximum Gasteiger partial charge on any atom is 0.300 e. The Morgan fingerprint density at radius 1 is 0.714 bits per heavy atom. The van der Waals surface area contributed by atoms with Crippen LogP contribution in [0.2, 0.25) is 0 Å². The van der Waals surface area contributed by atoms with Gasteiger partial charge in [-0.05, 0) is 13.0 Å². The zero-order valence-electron chi connectivity index (χ0n) is 14.5. The topological polar surface area (TPSA) is 63.3 Å². The smallest absolute Gasteiger partial charge is 0.300 e. The van der Waals surface area contributed by atoms with Crippen molar-refractivity contribution in [2.45, 2.75) is 104 Å². The van der Waals surface area contributed by atoms with E-state index in [2.05, 4.69) is 6.92 Å². The number of hydrogen-bond acceptors (Lipinski definition) is 2. The maximum atomic E-state index is 9.00. The Hall–Kier alpha value is -0.570. The fourth-order valence-corrected chi connectivity index (χ4v) is 2.34. The zero-order valence-corrected chi connectivity index (χ0v) is 14.5. The van der Waals surface area contributed by atoms with E-state index in [1.807, 2.05) is 0 Å². The van der Waals surface area contributed by atoms with Crippen LogP contribution in [0.15, 0.2) is 0 Å². The van der Waals surface area contributed by atoms with Crippen molar-refractivity contribution < 1.29 is 9.90 Å². The summed E-state index contributed by atoms with van der Waals surface area (Å²) >= 11 is 0. The molecular weight excluding hydrogens is 262 g/mol. The summed E-state index contributed by atoms with van der Waals surface area (Å²) in [6.45, 7) is 4.24. The van der Waals surface area contributed by atoms with Crippen molar-refractivity contribution in [1.29, 1.82) is 0 Å². The lowest BCUT2D eigenvalue weighted by Crippen LogP contribution is -1.97. The number of carboxylic acids is 1. The van der Waals surface area contributed by atoms with Gasteiger partial charge in [0.25, 0.3) is 5.97 Å². The van der Waals surface area contributed by atoms with Crippen LogP contribution >= 0.6 is 0 Å². The largest absolute Gasteiger partial charge is 0.481 e. The summed E-state index contributed by atoms with van der Waals surface area (Å²) in [7, 11) is 0. The molecule has 0 aliphatic carbocycles. The Balaban J connectivity index is 0. The van der Waals surface area contributed by atoms with Crippen LogP contribution in [0.3, 0.4) is 0 Å². The van der Waals surface area contributed by atoms with Crippen LogP contribution < -0.4 is 5.73 Å². The van der Waals surface area contributed by atoms with Gasteiger partial charge in [-0.3, -0.25) is 4.79 Å². The molecule has 3 N–H and O–H groups in total. The van der Waals surface area contributed by atoms with Crippen LogP contribution in [-0.2, 0) is 4.79 Å². The normalized spacial score (nSPS) is 10.0. The van der Waals surface area contributed by atoms with Gasteiger partial charge in [0, 0.05) is 6.92 Å². The number of rotatable bonds is 14. The number of carbonyl (C=O) groups is 1. The zero-order chi connectivity index (χ0) is 16.2. The second kappa shape index (κ2) is 21.7. The molecular formula is C18H39NO2. The lowest BCUT2D eigenvalue weighted by Gasteiger charge is -2.02. The quantitative estimate of drug-likeness (QED) is 0.415. The summed E-state index contributed by atoms with van der Waals surface area (Å²) in [5, 5.41) is 7.42. The number of aliphatic carboxylic acids is 1. The molecule has 0 saturated heterocycles. The summed E-state index contributed by atoms with van der Waals surface area (Å²) in [5.74, 6) is -0.833. The summed E-state index contributed by atoms with van der Waals surface area (Å²) in [4.78, 5) is 9.00. The van der Waals surface area contributed by atoms with Crippen LogP contribution in [0.25, 0.3) is 0 Å². The molecule has 0 fully saturated rings. The average molecular weight is 302 g/mol. The Bertz CT molecular complexity index is 178. The third kappa shape index (κ3) is 32.7. The van der Waals surface area contributed by atoms with Gasteiger partial charge in [-0.2, -0.15) is 0 Å². The van der Waals surface area contributed by atoms with Gasteiger partial charge in [0.1, 0.15) is 0 Å². The first kappa shape index (κ1) is 22.7. The summed E-state index contributed by atoms with van der Waals surface area (Å²) < 4.78 is 0. The lowest BCUT2D eigenvalue weighted by molar-refractivity contribution is -0.134. The van der Waals surface area contributed by atoms with Crippen molar-refractivity contribution in [2.24, 2.45) is 5.73 Å². The van der Waals surface area contributed by atoms with E-state index < -0.39 is 5.97 Å². The molecule has 0 unspecified atom stereocenters. The van der Waals surface area contributed by atoms with E-state index in [0.717, 1.165) is 13.5 Å². The van der Waals surface area contributed by atoms with E-state index >= 15 is 0 Å². The van der Waals surface area contributed by atoms with E-state index in [4.69, 9.17) is 15.6 Å². The van der Waals surface area contributed by atoms with Crippen molar-refractivity contribution in [3.8, 4) is 0 Å². The lowest BCUT2D eigenvalue weighted by atomic mass is 10.0. The summed E-state index contributed by atoms with van der Waals surface area (Å²) in [5.41, 5.74) is 5.47. The van der Waals surface area contributed by atoms with E-state index in [0.29, 0.717) is 0 Å². The maximum absolute atomic E-state index is 9.00. The predicted octanol–water partition coefficient (Wildman–Crippen LogP) is 5.52. The molecule has 0 amide bonds. The molecule has 0 aliphatic heterocycles. The minimum atomic E-state index is -0.833. The fourth-order valence-electron chi connectivity index (χ4n) is 2.34. The van der Waals surface area contributed by atoms with Gasteiger partial charge in [-0.15, -0.1) is 0 Å². The molecule has 0 aromatic rings. The van der Waals surface area contributed by atoms with Gasteiger partial charge in [0.2, 0.25) is 0 Å². The second-order valence-electron chi connectivity index (χ2n) is 5.90. The molecule has 128 valence electrons. The predicted molar refractivity (Wildman–Crippen MR) is 92.7 cm³/mol. The molecule has 3 heteroatoms. The highest BCUT2D eigenvalue weighted by atomic mass is 16.4. The van der Waals surface area contributed by atoms with Gasteiger partial charge < -0.3 is 10.8 Å². The highest BCUT2D eigenvalue weighted by Gasteiger charge is 1.93. The standard InChI is InChI=1S/C16H35N.C2H4O2/c1-2-3-4-5-6-7-8-9-10-11-12-13-14-15-16-17;1-2(3)4/h2-17H2,1H3;1H3,(H,3,4). The Labute approximate surface area is 132 Å². The minimum absolute atomic E-state index is 0.833. The average Bonchev–Trinajstić information content (AvgIpc) is 2.43. The number of carboxylic acid groups (broad SMARTS) is 1. The summed E-state index contributed by atoms with van der Waals surface area (Å²) in [6.07, 6.45) is 19.9. The van der Waals surface area contributed by atoms with Gasteiger partial charge in [0.05, 0.1) is 0 Å². The van der Waals surface area contributed by atoms with Gasteiger partial charge in [-0.1, -0.05) is 90.4 Å². The van der Waals surface area contributed by atoms with Crippen molar-refractivity contribution in [3.63, 3.8) is 0 Å². The van der Waals surface area contributed by atoms with Gasteiger partial charge in [0.15, 0.2) is 0 Å². The van der Waals surface area contributed by atoms with Crippen molar-refractivity contribution in [2.75, 3.05) is 6.54 Å². The van der Waals surface area contributed by atoms with E-state index in [9.17, 15) is 0 Å². The monoisotopic (exact) mass is 301 g/mol. The first-order chi connectivity index (χ1) is 10.1. The van der Waals surface area contributed by atoms with Crippen molar-refractivity contribution >= 4 is 5.97 Å². The Morgan fingerprint density at radius 3 is 1.19 bits per heavy atom. The molecule has 0 rings (SSSR count). The van der Waals surface area contributed by atoms with Gasteiger partial charge in [-0.25, -0.2) is 0 Å². The highest BCUT2D eigenvalue weighted by Crippen LogP contribution is 2.12. The molecule has 0 saturated carbocycles. The molecule has 3 nitrogen and oxygen atoms in total. The molecule has 0 atom stereocenters. The molecule has 0 bridgehead atoms. The Morgan fingerprint density at radius 2 is 0.952 bits per heavy atom. The van der Waals surface area contributed by atoms with Gasteiger partial charge >= 0.3 is 0 Å². The minimum Gasteiger partial charge on any atom is -0.481 e. The van der Waals surface area contributed by atoms with Crippen LogP contribution in [0.5, 0.6) is 0 Å². The first-order valence-corrected chi connectivity index (χ1v) is 9.04. The third-order valence-corrected chi connectivity index (χ3v) is 3.56. The number of unbranched alkanes of at least 4 members (excludes halogenated alkanes) is 13. The first-order valence-electron chi connectivity index (χ1n) is 9.04.